The zero-order valence-corrected chi connectivity index (χ0v) is 14.1. The van der Waals surface area contributed by atoms with E-state index in [4.69, 9.17) is 10.5 Å². The second-order valence-electron chi connectivity index (χ2n) is 5.20. The van der Waals surface area contributed by atoms with E-state index >= 15 is 0 Å². The summed E-state index contributed by atoms with van der Waals surface area (Å²) in [4.78, 5) is 15.0. The van der Waals surface area contributed by atoms with Crippen molar-refractivity contribution in [3.63, 3.8) is 0 Å². The number of halogens is 6. The number of nitrogens with zero attached hydrogens (tertiary/aromatic N) is 2. The molecule has 0 fully saturated rings. The average Bonchev–Trinajstić information content (AvgIpc) is 3.12. The molecule has 1 aromatic carbocycles. The fourth-order valence-corrected chi connectivity index (χ4v) is 1.56. The standard InChI is InChI=1S/C13H11F3N4O2.C2H3F3O/c1-7(6-17)18-11(21)9-4-2-8(3-5-9)10-19-12(22-20-10)13(14,15)16;3-2(4,5)1-6/h2-7,17H,1H3,(H,18,21);6H,1H2. The number of rotatable bonds is 4. The van der Waals surface area contributed by atoms with Crippen LogP contribution in [0.3, 0.4) is 0 Å². The van der Waals surface area contributed by atoms with E-state index in [-0.39, 0.29) is 11.4 Å². The first kappa shape index (κ1) is 23.1. The molecule has 1 amide bonds. The van der Waals surface area contributed by atoms with Crippen LogP contribution in [0.25, 0.3) is 11.4 Å². The predicted molar refractivity (Wildman–Crippen MR) is 83.6 cm³/mol. The first-order valence-electron chi connectivity index (χ1n) is 7.37. The molecule has 1 unspecified atom stereocenters. The molecule has 1 heterocycles. The first-order valence-corrected chi connectivity index (χ1v) is 7.37. The van der Waals surface area contributed by atoms with Crippen molar-refractivity contribution in [3.05, 3.63) is 35.7 Å². The van der Waals surface area contributed by atoms with E-state index in [9.17, 15) is 31.1 Å². The van der Waals surface area contributed by atoms with E-state index in [0.29, 0.717) is 5.56 Å². The third kappa shape index (κ3) is 7.34. The molecule has 0 aliphatic heterocycles. The molecule has 0 aliphatic carbocycles. The summed E-state index contributed by atoms with van der Waals surface area (Å²) >= 11 is 0. The minimum Gasteiger partial charge on any atom is -0.387 e. The summed E-state index contributed by atoms with van der Waals surface area (Å²) in [5.41, 5.74) is 0.591. The summed E-state index contributed by atoms with van der Waals surface area (Å²) in [6, 6.07) is 5.25. The molecular weight excluding hydrogens is 398 g/mol. The molecule has 0 spiro atoms. The third-order valence-electron chi connectivity index (χ3n) is 2.86. The molecule has 0 aliphatic rings. The summed E-state index contributed by atoms with van der Waals surface area (Å²) in [5.74, 6) is -2.04. The van der Waals surface area contributed by atoms with Gasteiger partial charge in [0.05, 0.1) is 6.04 Å². The van der Waals surface area contributed by atoms with Gasteiger partial charge in [0.25, 0.3) is 5.91 Å². The molecule has 3 N–H and O–H groups in total. The van der Waals surface area contributed by atoms with Crippen molar-refractivity contribution in [3.8, 4) is 11.4 Å². The minimum atomic E-state index is -4.70. The van der Waals surface area contributed by atoms with Crippen molar-refractivity contribution in [2.45, 2.75) is 25.3 Å². The highest BCUT2D eigenvalue weighted by Crippen LogP contribution is 2.29. The number of nitrogens with one attached hydrogen (secondary N) is 2. The van der Waals surface area contributed by atoms with Crippen LogP contribution in [0.2, 0.25) is 0 Å². The number of alkyl halides is 6. The van der Waals surface area contributed by atoms with Gasteiger partial charge in [-0.2, -0.15) is 31.3 Å². The number of carbonyl (C=O) groups is 1. The second kappa shape index (κ2) is 9.30. The lowest BCUT2D eigenvalue weighted by Gasteiger charge is -2.08. The van der Waals surface area contributed by atoms with Gasteiger partial charge in [0.1, 0.15) is 6.61 Å². The van der Waals surface area contributed by atoms with Crippen molar-refractivity contribution in [2.24, 2.45) is 0 Å². The average molecular weight is 412 g/mol. The number of aliphatic hydroxyl groups is 1. The lowest BCUT2D eigenvalue weighted by atomic mass is 10.1. The maximum Gasteiger partial charge on any atom is 0.471 e. The van der Waals surface area contributed by atoms with Crippen LogP contribution in [0, 0.1) is 5.41 Å². The molecule has 0 saturated carbocycles. The topological polar surface area (TPSA) is 112 Å². The van der Waals surface area contributed by atoms with Crippen LogP contribution in [0.1, 0.15) is 23.2 Å². The number of hydrogen-bond donors (Lipinski definition) is 3. The van der Waals surface area contributed by atoms with Crippen LogP contribution < -0.4 is 5.32 Å². The smallest absolute Gasteiger partial charge is 0.387 e. The van der Waals surface area contributed by atoms with E-state index < -0.39 is 36.8 Å². The van der Waals surface area contributed by atoms with Gasteiger partial charge in [-0.1, -0.05) is 17.3 Å². The van der Waals surface area contributed by atoms with E-state index in [1.54, 1.807) is 6.92 Å². The van der Waals surface area contributed by atoms with Crippen molar-refractivity contribution in [1.82, 2.24) is 15.5 Å². The maximum absolute atomic E-state index is 12.4. The van der Waals surface area contributed by atoms with E-state index in [0.717, 1.165) is 6.21 Å². The molecule has 0 radical (unpaired) electrons. The number of carbonyl (C=O) groups excluding carboxylic acids is 1. The van der Waals surface area contributed by atoms with E-state index in [2.05, 4.69) is 20.0 Å². The molecule has 154 valence electrons. The number of benzene rings is 1. The van der Waals surface area contributed by atoms with Gasteiger partial charge in [0.15, 0.2) is 0 Å². The van der Waals surface area contributed by atoms with Crippen molar-refractivity contribution >= 4 is 12.1 Å². The van der Waals surface area contributed by atoms with Crippen LogP contribution in [-0.4, -0.2) is 46.2 Å². The van der Waals surface area contributed by atoms with Crippen LogP contribution in [0.15, 0.2) is 28.8 Å². The summed E-state index contributed by atoms with van der Waals surface area (Å²) in [6.07, 6.45) is -8.03. The summed E-state index contributed by atoms with van der Waals surface area (Å²) in [7, 11) is 0. The first-order chi connectivity index (χ1) is 12.9. The highest BCUT2D eigenvalue weighted by molar-refractivity contribution is 5.96. The normalized spacial score (nSPS) is 12.6. The minimum absolute atomic E-state index is 0.216. The fourth-order valence-electron chi connectivity index (χ4n) is 1.56. The lowest BCUT2D eigenvalue weighted by Crippen LogP contribution is -2.33. The quantitative estimate of drug-likeness (QED) is 0.528. The Balaban J connectivity index is 0.000000568. The molecule has 0 bridgehead atoms. The maximum atomic E-state index is 12.4. The molecular formula is C15H14F6N4O3. The molecule has 7 nitrogen and oxygen atoms in total. The van der Waals surface area contributed by atoms with Gasteiger partial charge >= 0.3 is 18.2 Å². The van der Waals surface area contributed by atoms with Crippen LogP contribution in [-0.2, 0) is 6.18 Å². The lowest BCUT2D eigenvalue weighted by molar-refractivity contribution is -0.160. The Bertz CT molecular complexity index is 786. The largest absolute Gasteiger partial charge is 0.471 e. The van der Waals surface area contributed by atoms with Gasteiger partial charge in [0.2, 0.25) is 5.82 Å². The monoisotopic (exact) mass is 412 g/mol. The van der Waals surface area contributed by atoms with Crippen molar-refractivity contribution in [1.29, 1.82) is 5.41 Å². The van der Waals surface area contributed by atoms with Crippen molar-refractivity contribution < 1.29 is 40.8 Å². The van der Waals surface area contributed by atoms with Crippen LogP contribution in [0.4, 0.5) is 26.3 Å². The van der Waals surface area contributed by atoms with Crippen LogP contribution >= 0.6 is 0 Å². The van der Waals surface area contributed by atoms with Crippen LogP contribution in [0.5, 0.6) is 0 Å². The second-order valence-corrected chi connectivity index (χ2v) is 5.20. The predicted octanol–water partition coefficient (Wildman–Crippen LogP) is 3.06. The fraction of sp³-hybridized carbons (Fsp3) is 0.333. The van der Waals surface area contributed by atoms with Gasteiger partial charge in [0, 0.05) is 17.3 Å². The van der Waals surface area contributed by atoms with E-state index in [1.807, 2.05) is 0 Å². The number of amides is 1. The van der Waals surface area contributed by atoms with Gasteiger partial charge in [-0.15, -0.1) is 0 Å². The number of aliphatic hydroxyl groups excluding tert-OH is 1. The molecule has 13 heteroatoms. The third-order valence-corrected chi connectivity index (χ3v) is 2.86. The molecule has 0 saturated heterocycles. The number of hydrogen-bond acceptors (Lipinski definition) is 6. The molecule has 28 heavy (non-hydrogen) atoms. The zero-order chi connectivity index (χ0) is 21.5. The Morgan fingerprint density at radius 1 is 1.25 bits per heavy atom. The van der Waals surface area contributed by atoms with Gasteiger partial charge in [-0.25, -0.2) is 0 Å². The summed E-state index contributed by atoms with van der Waals surface area (Å²) in [5, 5.41) is 20.1. The molecule has 2 rings (SSSR count). The highest BCUT2D eigenvalue weighted by atomic mass is 19.4. The summed E-state index contributed by atoms with van der Waals surface area (Å²) < 4.78 is 72.9. The molecule has 1 atom stereocenters. The highest BCUT2D eigenvalue weighted by Gasteiger charge is 2.38. The molecule has 2 aromatic rings. The van der Waals surface area contributed by atoms with E-state index in [1.165, 1.54) is 24.3 Å². The zero-order valence-electron chi connectivity index (χ0n) is 14.1. The SMILES string of the molecule is CC(C=N)NC(=O)c1ccc(-c2noc(C(F)(F)F)n2)cc1.OCC(F)(F)F. The van der Waals surface area contributed by atoms with Gasteiger partial charge < -0.3 is 20.4 Å². The molecule has 1 aromatic heterocycles. The summed E-state index contributed by atoms with van der Waals surface area (Å²) in [6.45, 7) is -0.0930. The Morgan fingerprint density at radius 3 is 2.18 bits per heavy atom. The Morgan fingerprint density at radius 2 is 1.79 bits per heavy atom. The van der Waals surface area contributed by atoms with Gasteiger partial charge in [-0.3, -0.25) is 4.79 Å². The van der Waals surface area contributed by atoms with Crippen molar-refractivity contribution in [2.75, 3.05) is 6.61 Å². The Labute approximate surface area is 153 Å². The Kier molecular flexibility index (Phi) is 7.67. The Hall–Kier alpha value is -2.96. The van der Waals surface area contributed by atoms with Gasteiger partial charge in [-0.05, 0) is 19.1 Å². The number of aromatic nitrogens is 2.